The van der Waals surface area contributed by atoms with E-state index in [1.807, 2.05) is 30.3 Å². The highest BCUT2D eigenvalue weighted by Gasteiger charge is 2.12. The Hall–Kier alpha value is -3.59. The van der Waals surface area contributed by atoms with Gasteiger partial charge in [-0.05, 0) is 12.1 Å². The van der Waals surface area contributed by atoms with Crippen molar-refractivity contribution < 1.29 is 18.4 Å². The lowest BCUT2D eigenvalue weighted by atomic mass is 10.1. The molecule has 6 heteroatoms. The molecule has 1 amide bonds. The number of nitrogens with one attached hydrogen (secondary N) is 1. The molecule has 0 atom stereocenters. The highest BCUT2D eigenvalue weighted by atomic mass is 19.1. The van der Waals surface area contributed by atoms with Crippen LogP contribution in [0.25, 0.3) is 11.3 Å². The van der Waals surface area contributed by atoms with Crippen molar-refractivity contribution in [3.8, 4) is 28.9 Å². The lowest BCUT2D eigenvalue weighted by molar-refractivity contribution is 0.0949. The van der Waals surface area contributed by atoms with Gasteiger partial charge in [0.25, 0.3) is 5.91 Å². The van der Waals surface area contributed by atoms with Gasteiger partial charge in [-0.25, -0.2) is 4.39 Å². The highest BCUT2D eigenvalue weighted by Crippen LogP contribution is 2.19. The summed E-state index contributed by atoms with van der Waals surface area (Å²) in [6, 6.07) is 17.0. The Balaban J connectivity index is 1.46. The first-order valence-corrected chi connectivity index (χ1v) is 7.87. The summed E-state index contributed by atoms with van der Waals surface area (Å²) >= 11 is 0. The topological polar surface area (TPSA) is 64.4 Å². The number of amides is 1. The van der Waals surface area contributed by atoms with Crippen molar-refractivity contribution in [2.24, 2.45) is 0 Å². The summed E-state index contributed by atoms with van der Waals surface area (Å²) in [7, 11) is 0. The van der Waals surface area contributed by atoms with E-state index in [4.69, 9.17) is 9.26 Å². The van der Waals surface area contributed by atoms with E-state index in [9.17, 15) is 9.18 Å². The number of ether oxygens (including phenoxy) is 1. The fourth-order valence-corrected chi connectivity index (χ4v) is 2.12. The molecule has 5 nitrogen and oxygen atoms in total. The average molecular weight is 350 g/mol. The van der Waals surface area contributed by atoms with Crippen molar-refractivity contribution in [2.75, 3.05) is 13.2 Å². The van der Waals surface area contributed by atoms with E-state index in [0.717, 1.165) is 5.56 Å². The van der Waals surface area contributed by atoms with Gasteiger partial charge >= 0.3 is 0 Å². The van der Waals surface area contributed by atoms with Crippen molar-refractivity contribution in [3.05, 3.63) is 72.2 Å². The van der Waals surface area contributed by atoms with Crippen LogP contribution < -0.4 is 10.1 Å². The summed E-state index contributed by atoms with van der Waals surface area (Å²) in [6.07, 6.45) is 0. The van der Waals surface area contributed by atoms with Crippen LogP contribution >= 0.6 is 0 Å². The van der Waals surface area contributed by atoms with Crippen molar-refractivity contribution in [1.82, 2.24) is 10.5 Å². The molecule has 0 spiro atoms. The van der Waals surface area contributed by atoms with E-state index in [2.05, 4.69) is 22.3 Å². The molecule has 0 saturated carbocycles. The minimum absolute atomic E-state index is 0.0267. The van der Waals surface area contributed by atoms with Crippen LogP contribution in [0.15, 0.2) is 65.2 Å². The van der Waals surface area contributed by atoms with Gasteiger partial charge in [0.05, 0.1) is 6.54 Å². The van der Waals surface area contributed by atoms with Crippen molar-refractivity contribution in [3.63, 3.8) is 0 Å². The third-order valence-corrected chi connectivity index (χ3v) is 3.40. The van der Waals surface area contributed by atoms with E-state index >= 15 is 0 Å². The third-order valence-electron chi connectivity index (χ3n) is 3.40. The largest absolute Gasteiger partial charge is 0.478 e. The summed E-state index contributed by atoms with van der Waals surface area (Å²) in [5.74, 6) is 5.25. The molecule has 0 fully saturated rings. The molecule has 1 heterocycles. The van der Waals surface area contributed by atoms with E-state index in [0.29, 0.717) is 5.76 Å². The molecular formula is C20H15FN2O3. The molecular weight excluding hydrogens is 335 g/mol. The molecule has 0 radical (unpaired) electrons. The molecule has 0 saturated heterocycles. The first-order valence-electron chi connectivity index (χ1n) is 7.87. The number of benzene rings is 2. The van der Waals surface area contributed by atoms with Gasteiger partial charge in [0.2, 0.25) is 0 Å². The first kappa shape index (κ1) is 17.2. The van der Waals surface area contributed by atoms with Crippen molar-refractivity contribution >= 4 is 5.91 Å². The van der Waals surface area contributed by atoms with Crippen LogP contribution in [-0.4, -0.2) is 24.2 Å². The lowest BCUT2D eigenvalue weighted by Gasteiger charge is -2.01. The molecule has 0 aliphatic heterocycles. The van der Waals surface area contributed by atoms with E-state index in [1.54, 1.807) is 18.2 Å². The Kier molecular flexibility index (Phi) is 5.63. The average Bonchev–Trinajstić information content (AvgIpc) is 3.17. The molecule has 0 aliphatic carbocycles. The fourth-order valence-electron chi connectivity index (χ4n) is 2.12. The second-order valence-electron chi connectivity index (χ2n) is 5.20. The zero-order valence-electron chi connectivity index (χ0n) is 13.7. The van der Waals surface area contributed by atoms with Crippen LogP contribution in [0, 0.1) is 17.7 Å². The Labute approximate surface area is 149 Å². The molecule has 26 heavy (non-hydrogen) atoms. The molecule has 0 unspecified atom stereocenters. The SMILES string of the molecule is O=C(NCC#CCOc1ccccc1F)c1cc(-c2ccccc2)on1. The predicted octanol–water partition coefficient (Wildman–Crippen LogP) is 3.29. The molecule has 1 N–H and O–H groups in total. The Morgan fingerprint density at radius 1 is 1.12 bits per heavy atom. The van der Waals surface area contributed by atoms with Gasteiger partial charge in [-0.2, -0.15) is 0 Å². The van der Waals surface area contributed by atoms with Gasteiger partial charge < -0.3 is 14.6 Å². The fraction of sp³-hybridized carbons (Fsp3) is 0.100. The number of hydrogen-bond donors (Lipinski definition) is 1. The minimum atomic E-state index is -0.442. The number of carbonyl (C=O) groups excluding carboxylic acids is 1. The van der Waals surface area contributed by atoms with Crippen molar-refractivity contribution in [2.45, 2.75) is 0 Å². The highest BCUT2D eigenvalue weighted by molar-refractivity contribution is 5.93. The minimum Gasteiger partial charge on any atom is -0.478 e. The standard InChI is InChI=1S/C20H15FN2O3/c21-16-10-4-5-11-18(16)25-13-7-6-12-22-20(24)17-14-19(26-23-17)15-8-2-1-3-9-15/h1-5,8-11,14H,12-13H2,(H,22,24). The van der Waals surface area contributed by atoms with Gasteiger partial charge in [-0.3, -0.25) is 4.79 Å². The summed E-state index contributed by atoms with van der Waals surface area (Å²) < 4.78 is 23.7. The van der Waals surface area contributed by atoms with Gasteiger partial charge in [0.15, 0.2) is 23.0 Å². The molecule has 130 valence electrons. The second-order valence-corrected chi connectivity index (χ2v) is 5.20. The number of para-hydroxylation sites is 1. The van der Waals surface area contributed by atoms with Crippen LogP contribution in [0.1, 0.15) is 10.5 Å². The van der Waals surface area contributed by atoms with E-state index in [-0.39, 0.29) is 30.5 Å². The Morgan fingerprint density at radius 3 is 2.69 bits per heavy atom. The van der Waals surface area contributed by atoms with E-state index < -0.39 is 5.82 Å². The molecule has 0 bridgehead atoms. The maximum Gasteiger partial charge on any atom is 0.274 e. The quantitative estimate of drug-likeness (QED) is 0.717. The molecule has 2 aromatic carbocycles. The smallest absolute Gasteiger partial charge is 0.274 e. The number of halogens is 1. The molecule has 0 aliphatic rings. The van der Waals surface area contributed by atoms with Crippen LogP contribution in [0.3, 0.4) is 0 Å². The third kappa shape index (κ3) is 4.48. The van der Waals surface area contributed by atoms with Gasteiger partial charge in [-0.1, -0.05) is 59.5 Å². The molecule has 3 rings (SSSR count). The van der Waals surface area contributed by atoms with Crippen LogP contribution in [0.2, 0.25) is 0 Å². The maximum absolute atomic E-state index is 13.3. The second kappa shape index (κ2) is 8.49. The zero-order chi connectivity index (χ0) is 18.2. The lowest BCUT2D eigenvalue weighted by Crippen LogP contribution is -2.23. The van der Waals surface area contributed by atoms with Gasteiger partial charge in [0.1, 0.15) is 6.61 Å². The molecule has 3 aromatic rings. The summed E-state index contributed by atoms with van der Waals surface area (Å²) in [4.78, 5) is 12.0. The Morgan fingerprint density at radius 2 is 1.88 bits per heavy atom. The molecule has 1 aromatic heterocycles. The number of hydrogen-bond acceptors (Lipinski definition) is 4. The number of nitrogens with zero attached hydrogens (tertiary/aromatic N) is 1. The zero-order valence-corrected chi connectivity index (χ0v) is 13.7. The summed E-state index contributed by atoms with van der Waals surface area (Å²) in [5.41, 5.74) is 1.01. The number of rotatable bonds is 5. The van der Waals surface area contributed by atoms with Crippen LogP contribution in [0.5, 0.6) is 5.75 Å². The summed E-state index contributed by atoms with van der Waals surface area (Å²) in [5, 5.41) is 6.36. The summed E-state index contributed by atoms with van der Waals surface area (Å²) in [6.45, 7) is 0.145. The monoisotopic (exact) mass is 350 g/mol. The van der Waals surface area contributed by atoms with Crippen LogP contribution in [0.4, 0.5) is 4.39 Å². The van der Waals surface area contributed by atoms with Crippen molar-refractivity contribution in [1.29, 1.82) is 0 Å². The predicted molar refractivity (Wildman–Crippen MR) is 93.9 cm³/mol. The number of aromatic nitrogens is 1. The van der Waals surface area contributed by atoms with Gasteiger partial charge in [0, 0.05) is 11.6 Å². The normalized spacial score (nSPS) is 9.88. The van der Waals surface area contributed by atoms with Gasteiger partial charge in [-0.15, -0.1) is 0 Å². The van der Waals surface area contributed by atoms with Crippen LogP contribution in [-0.2, 0) is 0 Å². The Bertz CT molecular complexity index is 942. The first-order chi connectivity index (χ1) is 12.7. The maximum atomic E-state index is 13.3. The van der Waals surface area contributed by atoms with E-state index in [1.165, 1.54) is 12.1 Å². The number of carbonyl (C=O) groups is 1.